The third-order valence-corrected chi connectivity index (χ3v) is 3.15. The maximum atomic E-state index is 9.00. The van der Waals surface area contributed by atoms with E-state index in [1.165, 1.54) is 5.56 Å². The Balaban J connectivity index is 2.43. The Morgan fingerprint density at radius 2 is 2.13 bits per heavy atom. The van der Waals surface area contributed by atoms with Gasteiger partial charge in [0.2, 0.25) is 0 Å². The van der Waals surface area contributed by atoms with Crippen LogP contribution in [0.1, 0.15) is 19.4 Å². The minimum absolute atomic E-state index is 0.229. The summed E-state index contributed by atoms with van der Waals surface area (Å²) in [5.41, 5.74) is 1.25. The largest absolute Gasteiger partial charge is 0.396 e. The zero-order valence-electron chi connectivity index (χ0n) is 9.20. The number of hydrogen-bond donors (Lipinski definition) is 2. The van der Waals surface area contributed by atoms with Crippen LogP contribution in [0.5, 0.6) is 0 Å². The topological polar surface area (TPSA) is 32.3 Å². The summed E-state index contributed by atoms with van der Waals surface area (Å²) in [5.74, 6) is 0.289. The Morgan fingerprint density at radius 3 is 2.73 bits per heavy atom. The molecule has 0 bridgehead atoms. The number of aliphatic hydroxyl groups is 1. The molecule has 3 heteroatoms. The van der Waals surface area contributed by atoms with Crippen LogP contribution in [-0.4, -0.2) is 17.8 Å². The van der Waals surface area contributed by atoms with E-state index in [-0.39, 0.29) is 12.5 Å². The van der Waals surface area contributed by atoms with Crippen molar-refractivity contribution < 1.29 is 5.11 Å². The second-order valence-electron chi connectivity index (χ2n) is 3.96. The van der Waals surface area contributed by atoms with Gasteiger partial charge in [0.1, 0.15) is 0 Å². The molecule has 0 saturated heterocycles. The zero-order chi connectivity index (χ0) is 11.3. The minimum atomic E-state index is 0.229. The second kappa shape index (κ2) is 6.26. The molecule has 1 aromatic carbocycles. The van der Waals surface area contributed by atoms with Gasteiger partial charge in [-0.2, -0.15) is 0 Å². The highest BCUT2D eigenvalue weighted by Gasteiger charge is 2.09. The van der Waals surface area contributed by atoms with Crippen LogP contribution in [0.3, 0.4) is 0 Å². The smallest absolute Gasteiger partial charge is 0.0471 e. The maximum Gasteiger partial charge on any atom is 0.0471 e. The molecule has 1 aromatic rings. The molecule has 0 aliphatic heterocycles. The lowest BCUT2D eigenvalue weighted by molar-refractivity contribution is 0.207. The predicted octanol–water partition coefficient (Wildman–Crippen LogP) is 2.56. The molecule has 0 saturated carbocycles. The van der Waals surface area contributed by atoms with Crippen molar-refractivity contribution in [3.05, 3.63) is 34.3 Å². The number of benzene rings is 1. The van der Waals surface area contributed by atoms with Crippen molar-refractivity contribution in [3.63, 3.8) is 0 Å². The van der Waals surface area contributed by atoms with E-state index >= 15 is 0 Å². The third kappa shape index (κ3) is 4.33. The van der Waals surface area contributed by atoms with Gasteiger partial charge < -0.3 is 10.4 Å². The Bertz CT molecular complexity index is 303. The van der Waals surface area contributed by atoms with Crippen LogP contribution < -0.4 is 5.32 Å². The second-order valence-corrected chi connectivity index (χ2v) is 4.88. The van der Waals surface area contributed by atoms with Crippen LogP contribution in [0.25, 0.3) is 0 Å². The molecule has 0 amide bonds. The molecule has 2 nitrogen and oxygen atoms in total. The Kier molecular flexibility index (Phi) is 5.29. The molecule has 84 valence electrons. The first-order chi connectivity index (χ1) is 7.13. The van der Waals surface area contributed by atoms with Gasteiger partial charge in [0.15, 0.2) is 0 Å². The summed E-state index contributed by atoms with van der Waals surface area (Å²) in [5, 5.41) is 12.4. The molecule has 0 aromatic heterocycles. The van der Waals surface area contributed by atoms with E-state index < -0.39 is 0 Å². The third-order valence-electron chi connectivity index (χ3n) is 2.66. The van der Waals surface area contributed by atoms with Crippen LogP contribution in [0.2, 0.25) is 0 Å². The summed E-state index contributed by atoms with van der Waals surface area (Å²) in [6, 6.07) is 8.57. The molecular weight excluding hydrogens is 254 g/mol. The van der Waals surface area contributed by atoms with Gasteiger partial charge in [0, 0.05) is 23.7 Å². The van der Waals surface area contributed by atoms with Crippen molar-refractivity contribution in [3.8, 4) is 0 Å². The van der Waals surface area contributed by atoms with Crippen molar-refractivity contribution in [1.82, 2.24) is 5.32 Å². The average Bonchev–Trinajstić information content (AvgIpc) is 2.25. The Labute approximate surface area is 99.8 Å². The lowest BCUT2D eigenvalue weighted by Crippen LogP contribution is -2.33. The quantitative estimate of drug-likeness (QED) is 0.863. The molecule has 0 fully saturated rings. The number of aliphatic hydroxyl groups excluding tert-OH is 1. The van der Waals surface area contributed by atoms with Crippen molar-refractivity contribution in [2.75, 3.05) is 6.61 Å². The summed E-state index contributed by atoms with van der Waals surface area (Å²) in [7, 11) is 0. The highest BCUT2D eigenvalue weighted by molar-refractivity contribution is 9.10. The van der Waals surface area contributed by atoms with Crippen molar-refractivity contribution in [1.29, 1.82) is 0 Å². The minimum Gasteiger partial charge on any atom is -0.396 e. The zero-order valence-corrected chi connectivity index (χ0v) is 10.8. The Hall–Kier alpha value is -0.380. The summed E-state index contributed by atoms with van der Waals surface area (Å²) in [6.45, 7) is 5.20. The molecule has 0 aliphatic carbocycles. The summed E-state index contributed by atoms with van der Waals surface area (Å²) in [6.07, 6.45) is 0. The summed E-state index contributed by atoms with van der Waals surface area (Å²) in [4.78, 5) is 0. The van der Waals surface area contributed by atoms with Crippen LogP contribution in [0, 0.1) is 5.92 Å². The molecule has 0 aliphatic rings. The molecular formula is C12H18BrNO. The van der Waals surface area contributed by atoms with E-state index in [9.17, 15) is 0 Å². The molecule has 1 rings (SSSR count). The van der Waals surface area contributed by atoms with Gasteiger partial charge in [-0.05, 0) is 30.5 Å². The van der Waals surface area contributed by atoms with E-state index in [0.717, 1.165) is 11.0 Å². The van der Waals surface area contributed by atoms with Gasteiger partial charge in [0.05, 0.1) is 0 Å². The van der Waals surface area contributed by atoms with Crippen molar-refractivity contribution in [2.24, 2.45) is 5.92 Å². The first-order valence-corrected chi connectivity index (χ1v) is 6.01. The molecule has 2 N–H and O–H groups in total. The van der Waals surface area contributed by atoms with Gasteiger partial charge in [-0.15, -0.1) is 0 Å². The number of hydrogen-bond acceptors (Lipinski definition) is 2. The SMILES string of the molecule is CC(CO)C(C)NCc1cccc(Br)c1. The summed E-state index contributed by atoms with van der Waals surface area (Å²) < 4.78 is 1.10. The molecule has 0 heterocycles. The molecule has 15 heavy (non-hydrogen) atoms. The number of halogens is 1. The van der Waals surface area contributed by atoms with E-state index in [1.54, 1.807) is 0 Å². The van der Waals surface area contributed by atoms with Gasteiger partial charge in [-0.3, -0.25) is 0 Å². The van der Waals surface area contributed by atoms with Crippen LogP contribution >= 0.6 is 15.9 Å². The van der Waals surface area contributed by atoms with E-state index in [0.29, 0.717) is 6.04 Å². The number of nitrogens with one attached hydrogen (secondary N) is 1. The first-order valence-electron chi connectivity index (χ1n) is 5.22. The fourth-order valence-electron chi connectivity index (χ4n) is 1.29. The van der Waals surface area contributed by atoms with Gasteiger partial charge in [0.25, 0.3) is 0 Å². The predicted molar refractivity (Wildman–Crippen MR) is 66.7 cm³/mol. The fraction of sp³-hybridized carbons (Fsp3) is 0.500. The summed E-state index contributed by atoms with van der Waals surface area (Å²) >= 11 is 3.44. The lowest BCUT2D eigenvalue weighted by Gasteiger charge is -2.19. The molecule has 2 unspecified atom stereocenters. The van der Waals surface area contributed by atoms with Crippen LogP contribution in [-0.2, 0) is 6.54 Å². The molecule has 0 radical (unpaired) electrons. The highest BCUT2D eigenvalue weighted by atomic mass is 79.9. The normalized spacial score (nSPS) is 14.9. The van der Waals surface area contributed by atoms with E-state index in [2.05, 4.69) is 40.3 Å². The Morgan fingerprint density at radius 1 is 1.40 bits per heavy atom. The van der Waals surface area contributed by atoms with Crippen molar-refractivity contribution >= 4 is 15.9 Å². The van der Waals surface area contributed by atoms with Gasteiger partial charge in [-0.1, -0.05) is 35.0 Å². The van der Waals surface area contributed by atoms with E-state index in [1.807, 2.05) is 19.1 Å². The fourth-order valence-corrected chi connectivity index (χ4v) is 1.73. The molecule has 2 atom stereocenters. The standard InChI is InChI=1S/C12H18BrNO/c1-9(8-15)10(2)14-7-11-4-3-5-12(13)6-11/h3-6,9-10,14-15H,7-8H2,1-2H3. The average molecular weight is 272 g/mol. The van der Waals surface area contributed by atoms with E-state index in [4.69, 9.17) is 5.11 Å². The van der Waals surface area contributed by atoms with Gasteiger partial charge >= 0.3 is 0 Å². The monoisotopic (exact) mass is 271 g/mol. The highest BCUT2D eigenvalue weighted by Crippen LogP contribution is 2.12. The lowest BCUT2D eigenvalue weighted by atomic mass is 10.0. The van der Waals surface area contributed by atoms with Gasteiger partial charge in [-0.25, -0.2) is 0 Å². The maximum absolute atomic E-state index is 9.00. The first kappa shape index (κ1) is 12.7. The number of rotatable bonds is 5. The van der Waals surface area contributed by atoms with Crippen LogP contribution in [0.4, 0.5) is 0 Å². The van der Waals surface area contributed by atoms with Crippen LogP contribution in [0.15, 0.2) is 28.7 Å². The van der Waals surface area contributed by atoms with Crippen molar-refractivity contribution in [2.45, 2.75) is 26.4 Å². The molecule has 0 spiro atoms.